The van der Waals surface area contributed by atoms with E-state index in [9.17, 15) is 8.42 Å². The lowest BCUT2D eigenvalue weighted by Crippen LogP contribution is -2.43. The lowest BCUT2D eigenvalue weighted by molar-refractivity contribution is 0.587. The van der Waals surface area contributed by atoms with E-state index in [-0.39, 0.29) is 5.25 Å². The predicted molar refractivity (Wildman–Crippen MR) is 110 cm³/mol. The van der Waals surface area contributed by atoms with Crippen molar-refractivity contribution in [3.8, 4) is 0 Å². The number of benzene rings is 1. The first-order valence-electron chi connectivity index (χ1n) is 9.52. The molecule has 2 N–H and O–H groups in total. The van der Waals surface area contributed by atoms with Crippen LogP contribution < -0.4 is 15.5 Å². The summed E-state index contributed by atoms with van der Waals surface area (Å²) >= 11 is 0. The Kier molecular flexibility index (Phi) is 4.21. The molecule has 5 rings (SSSR count). The number of aromatic nitrogens is 3. The maximum Gasteiger partial charge on any atom is 0.243 e. The van der Waals surface area contributed by atoms with Crippen LogP contribution in [0.4, 0.5) is 17.3 Å². The van der Waals surface area contributed by atoms with E-state index in [2.05, 4.69) is 37.6 Å². The topological polar surface area (TPSA) is 92.2 Å². The number of piperazine rings is 1. The van der Waals surface area contributed by atoms with Crippen LogP contribution in [0.3, 0.4) is 0 Å². The van der Waals surface area contributed by atoms with E-state index >= 15 is 0 Å². The Morgan fingerprint density at radius 3 is 2.54 bits per heavy atom. The number of hydrogen-bond acceptors (Lipinski definition) is 7. The Hall–Kier alpha value is -2.65. The van der Waals surface area contributed by atoms with Crippen LogP contribution >= 0.6 is 0 Å². The average molecular weight is 398 g/mol. The summed E-state index contributed by atoms with van der Waals surface area (Å²) in [4.78, 5) is 11.1. The molecule has 28 heavy (non-hydrogen) atoms. The molecule has 1 aromatic carbocycles. The van der Waals surface area contributed by atoms with Crippen molar-refractivity contribution in [1.82, 2.24) is 19.3 Å². The Labute approximate surface area is 163 Å². The van der Waals surface area contributed by atoms with Gasteiger partial charge in [0.25, 0.3) is 0 Å². The molecule has 1 saturated heterocycles. The molecule has 1 saturated carbocycles. The number of hydrogen-bond donors (Lipinski definition) is 2. The van der Waals surface area contributed by atoms with Crippen LogP contribution in [0.1, 0.15) is 12.8 Å². The van der Waals surface area contributed by atoms with Crippen LogP contribution in [0.2, 0.25) is 0 Å². The van der Waals surface area contributed by atoms with Gasteiger partial charge >= 0.3 is 0 Å². The molecule has 0 atom stereocenters. The second-order valence-electron chi connectivity index (χ2n) is 7.24. The minimum Gasteiger partial charge on any atom is -0.369 e. The predicted octanol–water partition coefficient (Wildman–Crippen LogP) is 1.92. The Bertz CT molecular complexity index is 1100. The first-order valence-corrected chi connectivity index (χ1v) is 11.0. The standard InChI is InChI=1S/C19H22N6O2S/c26-28(27,17-5-6-17)25-10-7-14-13-21-19(23-18(14)25)22-15-1-3-16(4-2-15)24-11-8-20-9-12-24/h1-4,7,10,13,17,20H,5-6,8-9,11-12H2,(H,21,22,23). The summed E-state index contributed by atoms with van der Waals surface area (Å²) in [6.45, 7) is 3.99. The van der Waals surface area contributed by atoms with Crippen LogP contribution in [0.15, 0.2) is 42.7 Å². The minimum absolute atomic E-state index is 0.285. The minimum atomic E-state index is -3.37. The van der Waals surface area contributed by atoms with Gasteiger partial charge in [-0.25, -0.2) is 17.4 Å². The largest absolute Gasteiger partial charge is 0.369 e. The van der Waals surface area contributed by atoms with E-state index in [0.717, 1.165) is 44.7 Å². The molecular formula is C19H22N6O2S. The summed E-state index contributed by atoms with van der Waals surface area (Å²) < 4.78 is 26.5. The molecule has 8 nitrogen and oxygen atoms in total. The zero-order valence-corrected chi connectivity index (χ0v) is 16.2. The van der Waals surface area contributed by atoms with Crippen LogP contribution in [-0.2, 0) is 10.0 Å². The molecule has 146 valence electrons. The number of nitrogens with one attached hydrogen (secondary N) is 2. The molecule has 2 aromatic heterocycles. The van der Waals surface area contributed by atoms with Gasteiger partial charge in [-0.05, 0) is 43.2 Å². The molecular weight excluding hydrogens is 376 g/mol. The molecule has 0 bridgehead atoms. The van der Waals surface area contributed by atoms with Crippen molar-refractivity contribution in [2.75, 3.05) is 36.4 Å². The first-order chi connectivity index (χ1) is 13.6. The molecule has 3 aromatic rings. The molecule has 1 aliphatic heterocycles. The zero-order valence-electron chi connectivity index (χ0n) is 15.4. The van der Waals surface area contributed by atoms with Crippen molar-refractivity contribution in [3.05, 3.63) is 42.7 Å². The third kappa shape index (κ3) is 3.20. The third-order valence-corrected chi connectivity index (χ3v) is 7.38. The van der Waals surface area contributed by atoms with Crippen LogP contribution in [-0.4, -0.2) is 53.8 Å². The fourth-order valence-electron chi connectivity index (χ4n) is 3.49. The molecule has 2 aliphatic rings. The van der Waals surface area contributed by atoms with Gasteiger partial charge in [0.15, 0.2) is 5.65 Å². The van der Waals surface area contributed by atoms with Crippen molar-refractivity contribution in [2.45, 2.75) is 18.1 Å². The maximum atomic E-state index is 12.6. The Morgan fingerprint density at radius 2 is 1.82 bits per heavy atom. The molecule has 3 heterocycles. The Morgan fingerprint density at radius 1 is 1.07 bits per heavy atom. The summed E-state index contributed by atoms with van der Waals surface area (Å²) in [5.41, 5.74) is 2.47. The number of rotatable bonds is 5. The van der Waals surface area contributed by atoms with Crippen molar-refractivity contribution in [2.24, 2.45) is 0 Å². The molecule has 2 fully saturated rings. The van der Waals surface area contributed by atoms with Gasteiger partial charge in [0.05, 0.1) is 5.25 Å². The van der Waals surface area contributed by atoms with E-state index < -0.39 is 10.0 Å². The van der Waals surface area contributed by atoms with E-state index in [1.807, 2.05) is 12.1 Å². The van der Waals surface area contributed by atoms with Gasteiger partial charge in [-0.1, -0.05) is 0 Å². The smallest absolute Gasteiger partial charge is 0.243 e. The highest BCUT2D eigenvalue weighted by atomic mass is 32.2. The zero-order chi connectivity index (χ0) is 19.1. The second kappa shape index (κ2) is 6.75. The van der Waals surface area contributed by atoms with E-state index in [1.54, 1.807) is 18.5 Å². The fraction of sp³-hybridized carbons (Fsp3) is 0.368. The van der Waals surface area contributed by atoms with Gasteiger partial charge in [0.2, 0.25) is 16.0 Å². The van der Waals surface area contributed by atoms with Crippen LogP contribution in [0.5, 0.6) is 0 Å². The van der Waals surface area contributed by atoms with Gasteiger partial charge in [-0.2, -0.15) is 4.98 Å². The highest BCUT2D eigenvalue weighted by molar-refractivity contribution is 7.91. The van der Waals surface area contributed by atoms with Crippen molar-refractivity contribution >= 4 is 38.4 Å². The van der Waals surface area contributed by atoms with Gasteiger partial charge in [-0.15, -0.1) is 0 Å². The van der Waals surface area contributed by atoms with Gasteiger partial charge in [0.1, 0.15) is 0 Å². The van der Waals surface area contributed by atoms with E-state index in [1.165, 1.54) is 9.66 Å². The highest BCUT2D eigenvalue weighted by Gasteiger charge is 2.37. The number of anilines is 3. The summed E-state index contributed by atoms with van der Waals surface area (Å²) in [6, 6.07) is 9.87. The van der Waals surface area contributed by atoms with Crippen LogP contribution in [0.25, 0.3) is 11.0 Å². The molecule has 0 spiro atoms. The SMILES string of the molecule is O=S(=O)(C1CC1)n1ccc2cnc(Nc3ccc(N4CCNCC4)cc3)nc21. The Balaban J connectivity index is 1.39. The summed E-state index contributed by atoms with van der Waals surface area (Å²) in [6.07, 6.45) is 4.66. The monoisotopic (exact) mass is 398 g/mol. The fourth-order valence-corrected chi connectivity index (χ4v) is 5.17. The van der Waals surface area contributed by atoms with Gasteiger partial charge < -0.3 is 15.5 Å². The molecule has 1 aliphatic carbocycles. The molecule has 0 radical (unpaired) electrons. The lowest BCUT2D eigenvalue weighted by Gasteiger charge is -2.29. The van der Waals surface area contributed by atoms with Gasteiger partial charge in [0, 0.05) is 55.3 Å². The molecule has 0 unspecified atom stereocenters. The lowest BCUT2D eigenvalue weighted by atomic mass is 10.2. The van der Waals surface area contributed by atoms with Crippen molar-refractivity contribution < 1.29 is 8.42 Å². The second-order valence-corrected chi connectivity index (χ2v) is 9.33. The number of fused-ring (bicyclic) bond motifs is 1. The maximum absolute atomic E-state index is 12.6. The normalized spacial score (nSPS) is 17.8. The molecule has 0 amide bonds. The summed E-state index contributed by atoms with van der Waals surface area (Å²) in [5.74, 6) is 0.383. The molecule has 9 heteroatoms. The third-order valence-electron chi connectivity index (χ3n) is 5.22. The van der Waals surface area contributed by atoms with Crippen molar-refractivity contribution in [3.63, 3.8) is 0 Å². The quantitative estimate of drug-likeness (QED) is 0.678. The van der Waals surface area contributed by atoms with Crippen LogP contribution in [0, 0.1) is 0 Å². The number of nitrogens with zero attached hydrogens (tertiary/aromatic N) is 4. The van der Waals surface area contributed by atoms with E-state index in [4.69, 9.17) is 0 Å². The van der Waals surface area contributed by atoms with Crippen molar-refractivity contribution in [1.29, 1.82) is 0 Å². The van der Waals surface area contributed by atoms with Gasteiger partial charge in [-0.3, -0.25) is 0 Å². The first kappa shape index (κ1) is 17.4. The summed E-state index contributed by atoms with van der Waals surface area (Å²) in [5, 5.41) is 6.96. The highest BCUT2D eigenvalue weighted by Crippen LogP contribution is 2.32. The summed E-state index contributed by atoms with van der Waals surface area (Å²) in [7, 11) is -3.37. The average Bonchev–Trinajstić information content (AvgIpc) is 3.50. The van der Waals surface area contributed by atoms with E-state index in [0.29, 0.717) is 17.0 Å².